The van der Waals surface area contributed by atoms with Crippen LogP contribution in [0.15, 0.2) is 27.2 Å². The average molecular weight is 271 g/mol. The van der Waals surface area contributed by atoms with Crippen LogP contribution in [-0.2, 0) is 0 Å². The third-order valence-corrected chi connectivity index (χ3v) is 2.77. The molecular weight excluding hydrogens is 264 g/mol. The summed E-state index contributed by atoms with van der Waals surface area (Å²) in [5, 5.41) is 0.753. The van der Waals surface area contributed by atoms with E-state index in [-0.39, 0.29) is 21.8 Å². The molecule has 5 N–H and O–H groups in total. The molecule has 0 aliphatic carbocycles. The topological polar surface area (TPSA) is 124 Å². The number of hydrogen-bond donors (Lipinski definition) is 3. The van der Waals surface area contributed by atoms with Crippen molar-refractivity contribution in [2.75, 3.05) is 11.5 Å². The van der Waals surface area contributed by atoms with Crippen molar-refractivity contribution in [1.29, 1.82) is 0 Å². The van der Waals surface area contributed by atoms with Gasteiger partial charge in [-0.2, -0.15) is 0 Å². The predicted molar refractivity (Wildman–Crippen MR) is 64.8 cm³/mol. The molecular formula is C8H7ClN6OS. The van der Waals surface area contributed by atoms with Gasteiger partial charge in [0, 0.05) is 6.07 Å². The number of rotatable bonds is 2. The van der Waals surface area contributed by atoms with Gasteiger partial charge < -0.3 is 16.5 Å². The van der Waals surface area contributed by atoms with E-state index in [1.807, 2.05) is 0 Å². The number of nitrogen functional groups attached to an aromatic ring is 2. The number of nitrogens with two attached hydrogens (primary N) is 2. The summed E-state index contributed by atoms with van der Waals surface area (Å²) in [6.07, 6.45) is 1.38. The summed E-state index contributed by atoms with van der Waals surface area (Å²) in [5.74, 6) is 0.120. The van der Waals surface area contributed by atoms with E-state index in [0.717, 1.165) is 11.8 Å². The van der Waals surface area contributed by atoms with Gasteiger partial charge in [0.15, 0.2) is 5.16 Å². The second-order valence-electron chi connectivity index (χ2n) is 2.98. The Bertz CT molecular complexity index is 615. The first-order chi connectivity index (χ1) is 8.04. The van der Waals surface area contributed by atoms with E-state index in [1.54, 1.807) is 0 Å². The zero-order valence-electron chi connectivity index (χ0n) is 8.35. The van der Waals surface area contributed by atoms with Crippen LogP contribution < -0.4 is 17.0 Å². The number of halogens is 1. The summed E-state index contributed by atoms with van der Waals surface area (Å²) < 4.78 is 0. The first-order valence-electron chi connectivity index (χ1n) is 4.37. The van der Waals surface area contributed by atoms with Gasteiger partial charge in [-0.1, -0.05) is 0 Å². The normalized spacial score (nSPS) is 10.4. The van der Waals surface area contributed by atoms with Crippen LogP contribution in [0.2, 0.25) is 5.28 Å². The zero-order chi connectivity index (χ0) is 12.4. The molecule has 0 aliphatic rings. The van der Waals surface area contributed by atoms with Crippen molar-refractivity contribution in [3.8, 4) is 0 Å². The van der Waals surface area contributed by atoms with Crippen molar-refractivity contribution in [2.24, 2.45) is 0 Å². The fourth-order valence-electron chi connectivity index (χ4n) is 1.03. The molecule has 0 atom stereocenters. The highest BCUT2D eigenvalue weighted by Crippen LogP contribution is 2.27. The van der Waals surface area contributed by atoms with Crippen molar-refractivity contribution >= 4 is 34.9 Å². The summed E-state index contributed by atoms with van der Waals surface area (Å²) >= 11 is 6.69. The summed E-state index contributed by atoms with van der Waals surface area (Å²) in [5.41, 5.74) is 11.1. The Morgan fingerprint density at radius 2 is 2.12 bits per heavy atom. The largest absolute Gasteiger partial charge is 0.395 e. The maximum Gasteiger partial charge on any atom is 0.253 e. The molecule has 0 bridgehead atoms. The van der Waals surface area contributed by atoms with Gasteiger partial charge in [0.25, 0.3) is 5.56 Å². The second kappa shape index (κ2) is 4.60. The third kappa shape index (κ3) is 2.86. The van der Waals surface area contributed by atoms with E-state index >= 15 is 0 Å². The number of nitrogens with zero attached hydrogens (tertiary/aromatic N) is 3. The number of aromatic amines is 1. The first-order valence-corrected chi connectivity index (χ1v) is 5.57. The van der Waals surface area contributed by atoms with Gasteiger partial charge >= 0.3 is 0 Å². The van der Waals surface area contributed by atoms with E-state index in [4.69, 9.17) is 23.1 Å². The van der Waals surface area contributed by atoms with Crippen molar-refractivity contribution in [3.63, 3.8) is 0 Å². The lowest BCUT2D eigenvalue weighted by atomic mass is 10.6. The highest BCUT2D eigenvalue weighted by Gasteiger charge is 2.08. The lowest BCUT2D eigenvalue weighted by molar-refractivity contribution is 0.938. The van der Waals surface area contributed by atoms with Crippen molar-refractivity contribution in [3.05, 3.63) is 27.9 Å². The molecule has 0 aromatic carbocycles. The quantitative estimate of drug-likeness (QED) is 0.537. The van der Waals surface area contributed by atoms with Crippen LogP contribution in [0.3, 0.4) is 0 Å². The molecule has 9 heteroatoms. The number of H-pyrrole nitrogens is 1. The minimum atomic E-state index is -0.348. The molecule has 17 heavy (non-hydrogen) atoms. The van der Waals surface area contributed by atoms with E-state index < -0.39 is 0 Å². The molecule has 0 aliphatic heterocycles. The molecule has 0 saturated carbocycles. The fourth-order valence-corrected chi connectivity index (χ4v) is 2.00. The Balaban J connectivity index is 2.37. The van der Waals surface area contributed by atoms with Gasteiger partial charge in [-0.15, -0.1) is 0 Å². The van der Waals surface area contributed by atoms with E-state index in [2.05, 4.69) is 19.9 Å². The van der Waals surface area contributed by atoms with Gasteiger partial charge in [-0.3, -0.25) is 4.79 Å². The van der Waals surface area contributed by atoms with Crippen molar-refractivity contribution < 1.29 is 0 Å². The van der Waals surface area contributed by atoms with Crippen LogP contribution >= 0.6 is 23.4 Å². The molecule has 0 saturated heterocycles. The van der Waals surface area contributed by atoms with Gasteiger partial charge in [-0.05, 0) is 23.4 Å². The average Bonchev–Trinajstić information content (AvgIpc) is 2.22. The molecule has 88 valence electrons. The monoisotopic (exact) mass is 270 g/mol. The van der Waals surface area contributed by atoms with Gasteiger partial charge in [0.1, 0.15) is 10.8 Å². The van der Waals surface area contributed by atoms with Crippen LogP contribution in [0, 0.1) is 0 Å². The zero-order valence-corrected chi connectivity index (χ0v) is 9.92. The minimum Gasteiger partial charge on any atom is -0.395 e. The predicted octanol–water partition coefficient (Wildman–Crippen LogP) is 0.529. The number of aromatic nitrogens is 4. The molecule has 0 radical (unpaired) electrons. The molecule has 0 fully saturated rings. The summed E-state index contributed by atoms with van der Waals surface area (Å²) in [6, 6.07) is 1.18. The number of hydrogen-bond acceptors (Lipinski definition) is 7. The van der Waals surface area contributed by atoms with Gasteiger partial charge in [0.05, 0.1) is 11.9 Å². The third-order valence-electron chi connectivity index (χ3n) is 1.68. The van der Waals surface area contributed by atoms with E-state index in [1.165, 1.54) is 12.3 Å². The highest BCUT2D eigenvalue weighted by molar-refractivity contribution is 7.99. The Morgan fingerprint density at radius 3 is 2.82 bits per heavy atom. The second-order valence-corrected chi connectivity index (χ2v) is 4.29. The first kappa shape index (κ1) is 11.7. The Hall–Kier alpha value is -1.80. The molecule has 0 spiro atoms. The lowest BCUT2D eigenvalue weighted by Crippen LogP contribution is -2.09. The Kier molecular flexibility index (Phi) is 3.16. The number of nitrogens with one attached hydrogen (secondary N) is 1. The maximum atomic E-state index is 11.2. The highest BCUT2D eigenvalue weighted by atomic mass is 35.5. The summed E-state index contributed by atoms with van der Waals surface area (Å²) in [6.45, 7) is 0. The smallest absolute Gasteiger partial charge is 0.253 e. The molecule has 2 heterocycles. The van der Waals surface area contributed by atoms with Gasteiger partial charge in [0.2, 0.25) is 5.28 Å². The summed E-state index contributed by atoms with van der Waals surface area (Å²) in [7, 11) is 0. The van der Waals surface area contributed by atoms with Crippen molar-refractivity contribution in [1.82, 2.24) is 19.9 Å². The van der Waals surface area contributed by atoms with Crippen molar-refractivity contribution in [2.45, 2.75) is 10.2 Å². The molecule has 2 aromatic heterocycles. The SMILES string of the molecule is Nc1cc(=O)[nH]c(Sc2nc(Cl)ncc2N)n1. The van der Waals surface area contributed by atoms with Crippen LogP contribution in [0.4, 0.5) is 11.5 Å². The molecule has 0 unspecified atom stereocenters. The van der Waals surface area contributed by atoms with Crippen LogP contribution in [0.25, 0.3) is 0 Å². The van der Waals surface area contributed by atoms with Gasteiger partial charge in [-0.25, -0.2) is 15.0 Å². The molecule has 0 amide bonds. The molecule has 2 rings (SSSR count). The standard InChI is InChI=1S/C8H7ClN6OS/c9-7-12-2-3(10)6(15-7)17-8-13-4(11)1-5(16)14-8/h1-2H,10H2,(H3,11,13,14,16). The lowest BCUT2D eigenvalue weighted by Gasteiger charge is -2.03. The van der Waals surface area contributed by atoms with E-state index in [9.17, 15) is 4.79 Å². The molecule has 2 aromatic rings. The van der Waals surface area contributed by atoms with Crippen LogP contribution in [-0.4, -0.2) is 19.9 Å². The Morgan fingerprint density at radius 1 is 1.35 bits per heavy atom. The van der Waals surface area contributed by atoms with Crippen LogP contribution in [0.5, 0.6) is 0 Å². The molecule has 7 nitrogen and oxygen atoms in total. The maximum absolute atomic E-state index is 11.2. The number of anilines is 2. The van der Waals surface area contributed by atoms with E-state index in [0.29, 0.717) is 10.7 Å². The van der Waals surface area contributed by atoms with Crippen LogP contribution in [0.1, 0.15) is 0 Å². The Labute approximate surface area is 105 Å². The minimum absolute atomic E-state index is 0.0629. The fraction of sp³-hybridized carbons (Fsp3) is 0. The summed E-state index contributed by atoms with van der Waals surface area (Å²) in [4.78, 5) is 25.2.